The fourth-order valence-electron chi connectivity index (χ4n) is 2.51. The predicted molar refractivity (Wildman–Crippen MR) is 101 cm³/mol. The smallest absolute Gasteiger partial charge is 0.266 e. The summed E-state index contributed by atoms with van der Waals surface area (Å²) in [6.07, 6.45) is 1.91. The van der Waals surface area contributed by atoms with Crippen LogP contribution in [-0.2, 0) is 4.79 Å². The van der Waals surface area contributed by atoms with Crippen molar-refractivity contribution in [2.75, 3.05) is 0 Å². The number of amides is 1. The topological polar surface area (TPSA) is 20.3 Å². The van der Waals surface area contributed by atoms with Crippen molar-refractivity contribution in [3.63, 3.8) is 0 Å². The van der Waals surface area contributed by atoms with Gasteiger partial charge >= 0.3 is 0 Å². The van der Waals surface area contributed by atoms with E-state index in [0.29, 0.717) is 9.23 Å². The average molecular weight is 339 g/mol. The molecule has 2 aromatic carbocycles. The van der Waals surface area contributed by atoms with Crippen LogP contribution in [0.1, 0.15) is 29.7 Å². The number of thioether (sulfide) groups is 1. The summed E-state index contributed by atoms with van der Waals surface area (Å²) < 4.78 is 0.615. The first-order valence-electron chi connectivity index (χ1n) is 7.45. The van der Waals surface area contributed by atoms with Crippen LogP contribution in [0.15, 0.2) is 59.5 Å². The number of thiocarbonyl (C=S) groups is 1. The Morgan fingerprint density at radius 1 is 1.09 bits per heavy atom. The number of carbonyl (C=O) groups is 1. The van der Waals surface area contributed by atoms with Crippen LogP contribution in [0, 0.1) is 6.92 Å². The van der Waals surface area contributed by atoms with Crippen LogP contribution in [0.25, 0.3) is 6.08 Å². The second-order valence-electron chi connectivity index (χ2n) is 5.55. The number of nitrogens with zero attached hydrogens (tertiary/aromatic N) is 1. The maximum Gasteiger partial charge on any atom is 0.266 e. The lowest BCUT2D eigenvalue weighted by molar-refractivity contribution is -0.123. The van der Waals surface area contributed by atoms with Crippen molar-refractivity contribution < 1.29 is 4.79 Å². The van der Waals surface area contributed by atoms with Crippen LogP contribution < -0.4 is 0 Å². The van der Waals surface area contributed by atoms with E-state index in [1.807, 2.05) is 74.5 Å². The fourth-order valence-corrected chi connectivity index (χ4v) is 3.93. The highest BCUT2D eigenvalue weighted by molar-refractivity contribution is 8.26. The summed E-state index contributed by atoms with van der Waals surface area (Å²) in [7, 11) is 0. The van der Waals surface area contributed by atoms with Crippen molar-refractivity contribution >= 4 is 40.3 Å². The van der Waals surface area contributed by atoms with Crippen molar-refractivity contribution in [2.45, 2.75) is 19.9 Å². The predicted octanol–water partition coefficient (Wildman–Crippen LogP) is 4.96. The van der Waals surface area contributed by atoms with E-state index in [1.54, 1.807) is 4.90 Å². The maximum atomic E-state index is 12.8. The minimum atomic E-state index is -0.0624. The van der Waals surface area contributed by atoms with Gasteiger partial charge in [-0.05, 0) is 31.1 Å². The quantitative estimate of drug-likeness (QED) is 0.582. The Hall–Kier alpha value is -1.91. The molecule has 0 bridgehead atoms. The molecule has 1 fully saturated rings. The minimum absolute atomic E-state index is 0.0167. The number of carbonyl (C=O) groups excluding carboxylic acids is 1. The number of benzene rings is 2. The zero-order valence-electron chi connectivity index (χ0n) is 13.0. The molecule has 0 spiro atoms. The summed E-state index contributed by atoms with van der Waals surface area (Å²) in [6, 6.07) is 18.0. The molecule has 2 nitrogen and oxygen atoms in total. The lowest BCUT2D eigenvalue weighted by Crippen LogP contribution is -2.30. The molecule has 4 heteroatoms. The van der Waals surface area contributed by atoms with Gasteiger partial charge < -0.3 is 0 Å². The monoisotopic (exact) mass is 339 g/mol. The van der Waals surface area contributed by atoms with Crippen LogP contribution in [0.2, 0.25) is 0 Å². The van der Waals surface area contributed by atoms with E-state index in [0.717, 1.165) is 11.1 Å². The van der Waals surface area contributed by atoms with Gasteiger partial charge in [-0.1, -0.05) is 84.1 Å². The summed E-state index contributed by atoms with van der Waals surface area (Å²) >= 11 is 6.81. The van der Waals surface area contributed by atoms with E-state index in [-0.39, 0.29) is 11.9 Å². The maximum absolute atomic E-state index is 12.8. The molecule has 2 aromatic rings. The normalized spacial score (nSPS) is 17.8. The molecule has 1 atom stereocenters. The van der Waals surface area contributed by atoms with Gasteiger partial charge in [0.05, 0.1) is 10.9 Å². The first-order valence-corrected chi connectivity index (χ1v) is 8.67. The Balaban J connectivity index is 1.86. The molecule has 0 unspecified atom stereocenters. The zero-order chi connectivity index (χ0) is 16.4. The highest BCUT2D eigenvalue weighted by atomic mass is 32.2. The number of aryl methyl sites for hydroxylation is 1. The lowest BCUT2D eigenvalue weighted by atomic mass is 10.1. The van der Waals surface area contributed by atoms with Crippen LogP contribution in [0.5, 0.6) is 0 Å². The first kappa shape index (κ1) is 16.0. The fraction of sp³-hybridized carbons (Fsp3) is 0.158. The van der Waals surface area contributed by atoms with Gasteiger partial charge in [-0.3, -0.25) is 9.69 Å². The van der Waals surface area contributed by atoms with Gasteiger partial charge in [0.15, 0.2) is 0 Å². The van der Waals surface area contributed by atoms with E-state index in [2.05, 4.69) is 0 Å². The second kappa shape index (κ2) is 6.69. The second-order valence-corrected chi connectivity index (χ2v) is 7.22. The van der Waals surface area contributed by atoms with Gasteiger partial charge in [-0.15, -0.1) is 0 Å². The summed E-state index contributed by atoms with van der Waals surface area (Å²) in [5.41, 5.74) is 3.30. The molecule has 0 aliphatic carbocycles. The van der Waals surface area contributed by atoms with Crippen LogP contribution in [-0.4, -0.2) is 15.1 Å². The average Bonchev–Trinajstić information content (AvgIpc) is 2.84. The van der Waals surface area contributed by atoms with Gasteiger partial charge in [-0.25, -0.2) is 0 Å². The van der Waals surface area contributed by atoms with Crippen molar-refractivity contribution in [2.24, 2.45) is 0 Å². The molecule has 0 N–H and O–H groups in total. The van der Waals surface area contributed by atoms with Crippen molar-refractivity contribution in [3.8, 4) is 0 Å². The van der Waals surface area contributed by atoms with E-state index in [9.17, 15) is 4.79 Å². The molecular formula is C19H17NOS2. The number of hydrogen-bond acceptors (Lipinski definition) is 3. The SMILES string of the molecule is Cc1ccc(/C=C2/SC(=S)N([C@@H](C)c3ccccc3)C2=O)cc1. The van der Waals surface area contributed by atoms with Gasteiger partial charge in [0.2, 0.25) is 0 Å². The summed E-state index contributed by atoms with van der Waals surface area (Å²) in [6.45, 7) is 4.06. The molecule has 23 heavy (non-hydrogen) atoms. The molecule has 1 saturated heterocycles. The van der Waals surface area contributed by atoms with E-state index in [4.69, 9.17) is 12.2 Å². The van der Waals surface area contributed by atoms with E-state index >= 15 is 0 Å². The number of rotatable bonds is 3. The first-order chi connectivity index (χ1) is 11.1. The molecule has 116 valence electrons. The molecule has 1 heterocycles. The summed E-state index contributed by atoms with van der Waals surface area (Å²) in [5, 5.41) is 0. The molecule has 3 rings (SSSR count). The third kappa shape index (κ3) is 3.38. The Morgan fingerprint density at radius 3 is 2.39 bits per heavy atom. The Bertz CT molecular complexity index is 766. The van der Waals surface area contributed by atoms with Crippen molar-refractivity contribution in [1.82, 2.24) is 4.90 Å². The van der Waals surface area contributed by atoms with E-state index < -0.39 is 0 Å². The highest BCUT2D eigenvalue weighted by Crippen LogP contribution is 2.37. The summed E-state index contributed by atoms with van der Waals surface area (Å²) in [5.74, 6) is -0.0167. The third-order valence-electron chi connectivity index (χ3n) is 3.87. The molecule has 0 aromatic heterocycles. The van der Waals surface area contributed by atoms with Gasteiger partial charge in [0.25, 0.3) is 5.91 Å². The van der Waals surface area contributed by atoms with Crippen molar-refractivity contribution in [1.29, 1.82) is 0 Å². The van der Waals surface area contributed by atoms with E-state index in [1.165, 1.54) is 17.3 Å². The summed E-state index contributed by atoms with van der Waals surface area (Å²) in [4.78, 5) is 15.1. The van der Waals surface area contributed by atoms with Crippen molar-refractivity contribution in [3.05, 3.63) is 76.2 Å². The third-order valence-corrected chi connectivity index (χ3v) is 5.20. The highest BCUT2D eigenvalue weighted by Gasteiger charge is 2.35. The Morgan fingerprint density at radius 2 is 1.74 bits per heavy atom. The van der Waals surface area contributed by atoms with Gasteiger partial charge in [0, 0.05) is 0 Å². The van der Waals surface area contributed by atoms with Crippen LogP contribution in [0.4, 0.5) is 0 Å². The standard InChI is InChI=1S/C19H17NOS2/c1-13-8-10-15(11-9-13)12-17-18(21)20(19(22)23-17)14(2)16-6-4-3-5-7-16/h3-12,14H,1-2H3/b17-12+/t14-/m0/s1. The molecule has 0 saturated carbocycles. The Labute approximate surface area is 146 Å². The number of hydrogen-bond donors (Lipinski definition) is 0. The molecule has 1 amide bonds. The van der Waals surface area contributed by atoms with Gasteiger partial charge in [-0.2, -0.15) is 0 Å². The molecule has 1 aliphatic heterocycles. The van der Waals surface area contributed by atoms with Gasteiger partial charge in [0.1, 0.15) is 4.32 Å². The molecular weight excluding hydrogens is 322 g/mol. The minimum Gasteiger partial charge on any atom is -0.286 e. The van der Waals surface area contributed by atoms with Crippen LogP contribution in [0.3, 0.4) is 0 Å². The molecule has 0 radical (unpaired) electrons. The Kier molecular flexibility index (Phi) is 4.64. The van der Waals surface area contributed by atoms with Crippen LogP contribution >= 0.6 is 24.0 Å². The lowest BCUT2D eigenvalue weighted by Gasteiger charge is -2.23. The largest absolute Gasteiger partial charge is 0.286 e. The molecule has 1 aliphatic rings. The zero-order valence-corrected chi connectivity index (χ0v) is 14.7.